The quantitative estimate of drug-likeness (QED) is 0.927. The van der Waals surface area contributed by atoms with Crippen LogP contribution < -0.4 is 0 Å². The molecule has 5 nitrogen and oxygen atoms in total. The summed E-state index contributed by atoms with van der Waals surface area (Å²) in [6, 6.07) is 3.84. The third kappa shape index (κ3) is 3.04. The van der Waals surface area contributed by atoms with Gasteiger partial charge in [0.05, 0.1) is 18.8 Å². The average Bonchev–Trinajstić information content (AvgIpc) is 2.97. The molecule has 0 aromatic carbocycles. The SMILES string of the molecule is OC(Cn1cc(-c2cccnc2)nn1)C1CCCCC1. The van der Waals surface area contributed by atoms with Crippen molar-refractivity contribution >= 4 is 0 Å². The Labute approximate surface area is 118 Å². The highest BCUT2D eigenvalue weighted by atomic mass is 16.3. The van der Waals surface area contributed by atoms with Gasteiger partial charge in [-0.25, -0.2) is 4.68 Å². The Morgan fingerprint density at radius 1 is 1.30 bits per heavy atom. The molecule has 20 heavy (non-hydrogen) atoms. The zero-order valence-electron chi connectivity index (χ0n) is 11.5. The van der Waals surface area contributed by atoms with Gasteiger partial charge in [0.2, 0.25) is 0 Å². The topological polar surface area (TPSA) is 63.8 Å². The molecule has 1 aliphatic carbocycles. The molecule has 2 heterocycles. The molecule has 0 bridgehead atoms. The predicted molar refractivity (Wildman–Crippen MR) is 75.8 cm³/mol. The monoisotopic (exact) mass is 272 g/mol. The largest absolute Gasteiger partial charge is 0.391 e. The van der Waals surface area contributed by atoms with Crippen molar-refractivity contribution in [2.75, 3.05) is 0 Å². The molecule has 1 saturated carbocycles. The second-order valence-corrected chi connectivity index (χ2v) is 5.53. The second-order valence-electron chi connectivity index (χ2n) is 5.53. The van der Waals surface area contributed by atoms with Gasteiger partial charge >= 0.3 is 0 Å². The lowest BCUT2D eigenvalue weighted by Gasteiger charge is -2.26. The standard InChI is InChI=1S/C15H20N4O/c20-15(12-5-2-1-3-6-12)11-19-10-14(17-18-19)13-7-4-8-16-9-13/h4,7-10,12,15,20H,1-3,5-6,11H2. The fourth-order valence-corrected chi connectivity index (χ4v) is 2.89. The first kappa shape index (κ1) is 13.2. The van der Waals surface area contributed by atoms with Crippen LogP contribution in [-0.2, 0) is 6.54 Å². The van der Waals surface area contributed by atoms with Crippen LogP contribution in [0.25, 0.3) is 11.3 Å². The first-order chi connectivity index (χ1) is 9.83. The minimum Gasteiger partial charge on any atom is -0.391 e. The zero-order chi connectivity index (χ0) is 13.8. The van der Waals surface area contributed by atoms with Gasteiger partial charge in [0.15, 0.2) is 0 Å². The van der Waals surface area contributed by atoms with Crippen molar-refractivity contribution in [1.82, 2.24) is 20.0 Å². The van der Waals surface area contributed by atoms with Crippen LogP contribution in [0.15, 0.2) is 30.7 Å². The minimum absolute atomic E-state index is 0.321. The maximum atomic E-state index is 10.3. The van der Waals surface area contributed by atoms with E-state index >= 15 is 0 Å². The molecule has 0 saturated heterocycles. The zero-order valence-corrected chi connectivity index (χ0v) is 11.5. The molecule has 1 aliphatic rings. The lowest BCUT2D eigenvalue weighted by molar-refractivity contribution is 0.0660. The van der Waals surface area contributed by atoms with Crippen molar-refractivity contribution in [3.63, 3.8) is 0 Å². The fourth-order valence-electron chi connectivity index (χ4n) is 2.89. The van der Waals surface area contributed by atoms with Crippen LogP contribution in [0.4, 0.5) is 0 Å². The molecule has 106 valence electrons. The molecule has 0 aliphatic heterocycles. The van der Waals surface area contributed by atoms with Gasteiger partial charge in [-0.1, -0.05) is 24.5 Å². The van der Waals surface area contributed by atoms with Gasteiger partial charge in [0, 0.05) is 18.0 Å². The summed E-state index contributed by atoms with van der Waals surface area (Å²) in [4.78, 5) is 4.08. The van der Waals surface area contributed by atoms with Crippen molar-refractivity contribution in [2.45, 2.75) is 44.8 Å². The third-order valence-electron chi connectivity index (χ3n) is 4.06. The molecule has 1 unspecified atom stereocenters. The number of aliphatic hydroxyl groups is 1. The van der Waals surface area contributed by atoms with E-state index in [4.69, 9.17) is 0 Å². The molecule has 1 atom stereocenters. The summed E-state index contributed by atoms with van der Waals surface area (Å²) in [5, 5.41) is 18.6. The van der Waals surface area contributed by atoms with Crippen LogP contribution >= 0.6 is 0 Å². The highest BCUT2D eigenvalue weighted by Crippen LogP contribution is 2.27. The van der Waals surface area contributed by atoms with Gasteiger partial charge in [-0.2, -0.15) is 0 Å². The molecule has 5 heteroatoms. The molecule has 1 fully saturated rings. The fraction of sp³-hybridized carbons (Fsp3) is 0.533. The number of aliphatic hydroxyl groups excluding tert-OH is 1. The molecule has 2 aromatic rings. The summed E-state index contributed by atoms with van der Waals surface area (Å²) in [6.45, 7) is 0.526. The normalized spacial score (nSPS) is 18.1. The summed E-state index contributed by atoms with van der Waals surface area (Å²) >= 11 is 0. The summed E-state index contributed by atoms with van der Waals surface area (Å²) in [7, 11) is 0. The molecule has 0 radical (unpaired) electrons. The Bertz CT molecular complexity index is 534. The Balaban J connectivity index is 1.65. The van der Waals surface area contributed by atoms with E-state index in [1.165, 1.54) is 19.3 Å². The Hall–Kier alpha value is -1.75. The van der Waals surface area contributed by atoms with Crippen LogP contribution in [0.5, 0.6) is 0 Å². The Morgan fingerprint density at radius 3 is 2.90 bits per heavy atom. The summed E-state index contributed by atoms with van der Waals surface area (Å²) in [5.74, 6) is 0.412. The number of nitrogens with zero attached hydrogens (tertiary/aromatic N) is 4. The second kappa shape index (κ2) is 6.13. The summed E-state index contributed by atoms with van der Waals surface area (Å²) in [6.07, 6.45) is 11.1. The molecular formula is C15H20N4O. The van der Waals surface area contributed by atoms with E-state index in [2.05, 4.69) is 15.3 Å². The van der Waals surface area contributed by atoms with Gasteiger partial charge in [0.25, 0.3) is 0 Å². The lowest BCUT2D eigenvalue weighted by Crippen LogP contribution is -2.27. The van der Waals surface area contributed by atoms with Gasteiger partial charge in [0.1, 0.15) is 5.69 Å². The van der Waals surface area contributed by atoms with E-state index in [0.29, 0.717) is 12.5 Å². The van der Waals surface area contributed by atoms with Gasteiger partial charge in [-0.15, -0.1) is 5.10 Å². The van der Waals surface area contributed by atoms with Crippen molar-refractivity contribution in [2.24, 2.45) is 5.92 Å². The van der Waals surface area contributed by atoms with E-state index < -0.39 is 0 Å². The van der Waals surface area contributed by atoms with E-state index in [9.17, 15) is 5.11 Å². The predicted octanol–water partition coefficient (Wildman–Crippen LogP) is 2.28. The lowest BCUT2D eigenvalue weighted by atomic mass is 9.85. The average molecular weight is 272 g/mol. The summed E-state index contributed by atoms with van der Waals surface area (Å²) < 4.78 is 1.74. The number of aromatic nitrogens is 4. The molecule has 3 rings (SSSR count). The maximum absolute atomic E-state index is 10.3. The highest BCUT2D eigenvalue weighted by molar-refractivity contribution is 5.55. The summed E-state index contributed by atoms with van der Waals surface area (Å²) in [5.41, 5.74) is 1.75. The Morgan fingerprint density at radius 2 is 2.15 bits per heavy atom. The molecule has 0 amide bonds. The highest BCUT2D eigenvalue weighted by Gasteiger charge is 2.22. The molecule has 0 spiro atoms. The van der Waals surface area contributed by atoms with Gasteiger partial charge in [-0.05, 0) is 30.9 Å². The van der Waals surface area contributed by atoms with Crippen LogP contribution in [0.1, 0.15) is 32.1 Å². The van der Waals surface area contributed by atoms with E-state index in [0.717, 1.165) is 24.1 Å². The van der Waals surface area contributed by atoms with E-state index in [1.54, 1.807) is 17.1 Å². The van der Waals surface area contributed by atoms with Crippen molar-refractivity contribution < 1.29 is 5.11 Å². The van der Waals surface area contributed by atoms with E-state index in [-0.39, 0.29) is 6.10 Å². The van der Waals surface area contributed by atoms with Crippen molar-refractivity contribution in [1.29, 1.82) is 0 Å². The van der Waals surface area contributed by atoms with Crippen molar-refractivity contribution in [3.8, 4) is 11.3 Å². The van der Waals surface area contributed by atoms with Crippen LogP contribution in [0, 0.1) is 5.92 Å². The molecule has 1 N–H and O–H groups in total. The minimum atomic E-state index is -0.321. The first-order valence-corrected chi connectivity index (χ1v) is 7.31. The molecule has 2 aromatic heterocycles. The number of pyridine rings is 1. The van der Waals surface area contributed by atoms with Crippen LogP contribution in [-0.4, -0.2) is 31.2 Å². The van der Waals surface area contributed by atoms with Crippen LogP contribution in [0.3, 0.4) is 0 Å². The maximum Gasteiger partial charge on any atom is 0.114 e. The smallest absolute Gasteiger partial charge is 0.114 e. The number of hydrogen-bond acceptors (Lipinski definition) is 4. The third-order valence-corrected chi connectivity index (χ3v) is 4.06. The van der Waals surface area contributed by atoms with Gasteiger partial charge < -0.3 is 5.11 Å². The number of rotatable bonds is 4. The van der Waals surface area contributed by atoms with Crippen molar-refractivity contribution in [3.05, 3.63) is 30.7 Å². The van der Waals surface area contributed by atoms with E-state index in [1.807, 2.05) is 18.3 Å². The number of hydrogen-bond donors (Lipinski definition) is 1. The van der Waals surface area contributed by atoms with Crippen LogP contribution in [0.2, 0.25) is 0 Å². The Kier molecular flexibility index (Phi) is 4.06. The first-order valence-electron chi connectivity index (χ1n) is 7.31. The van der Waals surface area contributed by atoms with Gasteiger partial charge in [-0.3, -0.25) is 4.98 Å². The molecular weight excluding hydrogens is 252 g/mol.